The summed E-state index contributed by atoms with van der Waals surface area (Å²) in [6.07, 6.45) is 0. The van der Waals surface area contributed by atoms with Crippen LogP contribution in [0.2, 0.25) is 0 Å². The van der Waals surface area contributed by atoms with E-state index in [1.807, 2.05) is 30.3 Å². The second kappa shape index (κ2) is 6.68. The van der Waals surface area contributed by atoms with Crippen molar-refractivity contribution < 1.29 is 20.1 Å². The Morgan fingerprint density at radius 1 is 0.900 bits per heavy atom. The fourth-order valence-corrected chi connectivity index (χ4v) is 1.73. The Bertz CT molecular complexity index is 557. The van der Waals surface area contributed by atoms with Crippen molar-refractivity contribution in [1.82, 2.24) is 5.32 Å². The van der Waals surface area contributed by atoms with E-state index in [1.165, 1.54) is 6.07 Å². The van der Waals surface area contributed by atoms with E-state index >= 15 is 0 Å². The molecule has 2 rings (SSSR count). The maximum absolute atomic E-state index is 9.63. The summed E-state index contributed by atoms with van der Waals surface area (Å²) in [5.41, 5.74) is 0.514. The van der Waals surface area contributed by atoms with Crippen LogP contribution in [0.3, 0.4) is 0 Å². The first-order valence-electron chi connectivity index (χ1n) is 6.30. The number of nitrogens with one attached hydrogen (secondary N) is 1. The highest BCUT2D eigenvalue weighted by Crippen LogP contribution is 2.36. The lowest BCUT2D eigenvalue weighted by molar-refractivity contribution is 0.312. The predicted octanol–water partition coefficient (Wildman–Crippen LogP) is 1.97. The van der Waals surface area contributed by atoms with Gasteiger partial charge in [-0.25, -0.2) is 0 Å². The Morgan fingerprint density at radius 3 is 2.40 bits per heavy atom. The van der Waals surface area contributed by atoms with Crippen LogP contribution in [0.4, 0.5) is 0 Å². The zero-order valence-electron chi connectivity index (χ0n) is 10.9. The fourth-order valence-electron chi connectivity index (χ4n) is 1.73. The van der Waals surface area contributed by atoms with Crippen LogP contribution in [0.1, 0.15) is 5.56 Å². The highest BCUT2D eigenvalue weighted by molar-refractivity contribution is 5.52. The minimum atomic E-state index is -0.496. The molecular formula is C15H17NO4. The summed E-state index contributed by atoms with van der Waals surface area (Å²) < 4.78 is 5.50. The molecule has 0 fully saturated rings. The number of phenolic OH excluding ortho intramolecular Hbond substituents is 3. The van der Waals surface area contributed by atoms with Crippen LogP contribution in [0.5, 0.6) is 23.0 Å². The quantitative estimate of drug-likeness (QED) is 0.478. The fraction of sp³-hybridized carbons (Fsp3) is 0.200. The summed E-state index contributed by atoms with van der Waals surface area (Å²) in [4.78, 5) is 0. The molecule has 0 unspecified atom stereocenters. The number of aromatic hydroxyl groups is 3. The van der Waals surface area contributed by atoms with Gasteiger partial charge in [0.25, 0.3) is 0 Å². The number of benzene rings is 2. The number of para-hydroxylation sites is 1. The Balaban J connectivity index is 1.75. The van der Waals surface area contributed by atoms with Crippen molar-refractivity contribution in [3.8, 4) is 23.0 Å². The van der Waals surface area contributed by atoms with E-state index in [4.69, 9.17) is 4.74 Å². The lowest BCUT2D eigenvalue weighted by Gasteiger charge is -2.10. The summed E-state index contributed by atoms with van der Waals surface area (Å²) in [5.74, 6) is -0.329. The number of hydrogen-bond donors (Lipinski definition) is 4. The van der Waals surface area contributed by atoms with Crippen LogP contribution in [0.15, 0.2) is 42.5 Å². The first-order chi connectivity index (χ1) is 9.68. The van der Waals surface area contributed by atoms with E-state index in [9.17, 15) is 15.3 Å². The Morgan fingerprint density at radius 2 is 1.65 bits per heavy atom. The van der Waals surface area contributed by atoms with Crippen LogP contribution < -0.4 is 10.1 Å². The van der Waals surface area contributed by atoms with Crippen LogP contribution >= 0.6 is 0 Å². The molecule has 0 heterocycles. The summed E-state index contributed by atoms with van der Waals surface area (Å²) in [6, 6.07) is 12.4. The van der Waals surface area contributed by atoms with E-state index in [2.05, 4.69) is 5.32 Å². The monoisotopic (exact) mass is 275 g/mol. The molecule has 4 N–H and O–H groups in total. The van der Waals surface area contributed by atoms with Crippen LogP contribution in [0, 0.1) is 0 Å². The van der Waals surface area contributed by atoms with Gasteiger partial charge in [-0.2, -0.15) is 0 Å². The SMILES string of the molecule is Oc1ccc(CNCCOc2ccccc2)c(O)c1O. The number of rotatable bonds is 6. The number of hydrogen-bond acceptors (Lipinski definition) is 5. The van der Waals surface area contributed by atoms with Gasteiger partial charge in [0.15, 0.2) is 11.5 Å². The van der Waals surface area contributed by atoms with Crippen molar-refractivity contribution in [2.45, 2.75) is 6.54 Å². The van der Waals surface area contributed by atoms with Gasteiger partial charge in [-0.1, -0.05) is 24.3 Å². The third-order valence-electron chi connectivity index (χ3n) is 2.82. The molecule has 0 radical (unpaired) electrons. The van der Waals surface area contributed by atoms with E-state index in [0.717, 1.165) is 5.75 Å². The summed E-state index contributed by atoms with van der Waals surface area (Å²) in [6.45, 7) is 1.46. The maximum Gasteiger partial charge on any atom is 0.200 e. The van der Waals surface area contributed by atoms with Crippen molar-refractivity contribution in [3.63, 3.8) is 0 Å². The van der Waals surface area contributed by atoms with Gasteiger partial charge in [-0.05, 0) is 18.2 Å². The lowest BCUT2D eigenvalue weighted by Crippen LogP contribution is -2.20. The van der Waals surface area contributed by atoms with E-state index in [0.29, 0.717) is 25.3 Å². The summed E-state index contributed by atoms with van der Waals surface area (Å²) >= 11 is 0. The Labute approximate surface area is 117 Å². The van der Waals surface area contributed by atoms with Gasteiger partial charge in [-0.3, -0.25) is 0 Å². The molecule has 0 spiro atoms. The average molecular weight is 275 g/mol. The molecule has 0 saturated carbocycles. The van der Waals surface area contributed by atoms with Crippen LogP contribution in [-0.4, -0.2) is 28.5 Å². The number of ether oxygens (including phenoxy) is 1. The zero-order valence-corrected chi connectivity index (χ0v) is 10.9. The van der Waals surface area contributed by atoms with Gasteiger partial charge in [0.1, 0.15) is 12.4 Å². The molecule has 0 aliphatic rings. The molecule has 0 aromatic heterocycles. The molecule has 20 heavy (non-hydrogen) atoms. The molecule has 2 aromatic rings. The van der Waals surface area contributed by atoms with Crippen molar-refractivity contribution in [1.29, 1.82) is 0 Å². The third-order valence-corrected chi connectivity index (χ3v) is 2.82. The van der Waals surface area contributed by atoms with E-state index in [-0.39, 0.29) is 11.5 Å². The van der Waals surface area contributed by atoms with Gasteiger partial charge in [-0.15, -0.1) is 0 Å². The van der Waals surface area contributed by atoms with Crippen molar-refractivity contribution in [3.05, 3.63) is 48.0 Å². The molecule has 2 aromatic carbocycles. The predicted molar refractivity (Wildman–Crippen MR) is 75.1 cm³/mol. The third kappa shape index (κ3) is 3.55. The number of phenols is 3. The maximum atomic E-state index is 9.63. The second-order valence-corrected chi connectivity index (χ2v) is 4.28. The standard InChI is InChI=1S/C15H17NO4/c17-13-7-6-11(14(18)15(13)19)10-16-8-9-20-12-4-2-1-3-5-12/h1-7,16-19H,8-10H2. The van der Waals surface area contributed by atoms with Crippen molar-refractivity contribution in [2.75, 3.05) is 13.2 Å². The van der Waals surface area contributed by atoms with Crippen molar-refractivity contribution >= 4 is 0 Å². The minimum absolute atomic E-state index is 0.304. The molecule has 0 bridgehead atoms. The van der Waals surface area contributed by atoms with Crippen LogP contribution in [-0.2, 0) is 6.54 Å². The van der Waals surface area contributed by atoms with Crippen LogP contribution in [0.25, 0.3) is 0 Å². The summed E-state index contributed by atoms with van der Waals surface area (Å²) in [5, 5.41) is 31.3. The zero-order chi connectivity index (χ0) is 14.4. The highest BCUT2D eigenvalue weighted by Gasteiger charge is 2.10. The minimum Gasteiger partial charge on any atom is -0.504 e. The topological polar surface area (TPSA) is 82.0 Å². The molecule has 106 valence electrons. The highest BCUT2D eigenvalue weighted by atomic mass is 16.5. The Kier molecular flexibility index (Phi) is 4.68. The first kappa shape index (κ1) is 14.0. The van der Waals surface area contributed by atoms with Gasteiger partial charge in [0, 0.05) is 18.7 Å². The molecule has 5 heteroatoms. The van der Waals surface area contributed by atoms with Gasteiger partial charge >= 0.3 is 0 Å². The second-order valence-electron chi connectivity index (χ2n) is 4.28. The first-order valence-corrected chi connectivity index (χ1v) is 6.30. The lowest BCUT2D eigenvalue weighted by atomic mass is 10.1. The molecule has 5 nitrogen and oxygen atoms in total. The molecule has 0 saturated heterocycles. The largest absolute Gasteiger partial charge is 0.504 e. The van der Waals surface area contributed by atoms with Gasteiger partial charge in [0.2, 0.25) is 5.75 Å². The molecular weight excluding hydrogens is 258 g/mol. The smallest absolute Gasteiger partial charge is 0.200 e. The Hall–Kier alpha value is -2.40. The molecule has 0 aliphatic carbocycles. The molecule has 0 atom stereocenters. The molecule has 0 aliphatic heterocycles. The van der Waals surface area contributed by atoms with Gasteiger partial charge < -0.3 is 25.4 Å². The van der Waals surface area contributed by atoms with Gasteiger partial charge in [0.05, 0.1) is 0 Å². The summed E-state index contributed by atoms with van der Waals surface area (Å²) in [7, 11) is 0. The average Bonchev–Trinajstić information content (AvgIpc) is 2.48. The van der Waals surface area contributed by atoms with Crippen molar-refractivity contribution in [2.24, 2.45) is 0 Å². The van der Waals surface area contributed by atoms with E-state index in [1.54, 1.807) is 6.07 Å². The molecule has 0 amide bonds. The van der Waals surface area contributed by atoms with E-state index < -0.39 is 5.75 Å². The normalized spacial score (nSPS) is 10.4.